The van der Waals surface area contributed by atoms with Crippen LogP contribution in [0.4, 0.5) is 0 Å². The molecule has 1 saturated carbocycles. The van der Waals surface area contributed by atoms with Gasteiger partial charge in [0.15, 0.2) is 0 Å². The Morgan fingerprint density at radius 1 is 1.46 bits per heavy atom. The van der Waals surface area contributed by atoms with Crippen molar-refractivity contribution in [2.24, 2.45) is 5.92 Å². The third-order valence-corrected chi connectivity index (χ3v) is 2.51. The Kier molecular flexibility index (Phi) is 5.40. The summed E-state index contributed by atoms with van der Waals surface area (Å²) in [4.78, 5) is 0. The predicted octanol–water partition coefficient (Wildman–Crippen LogP) is 2.19. The van der Waals surface area contributed by atoms with Crippen LogP contribution in [0.2, 0.25) is 0 Å². The first-order valence-corrected chi connectivity index (χ1v) is 5.65. The minimum absolute atomic E-state index is 0.438. The number of nitrogens with one attached hydrogen (secondary N) is 1. The van der Waals surface area contributed by atoms with Crippen LogP contribution in [0.25, 0.3) is 0 Å². The van der Waals surface area contributed by atoms with Gasteiger partial charge < -0.3 is 10.1 Å². The van der Waals surface area contributed by atoms with Crippen molar-refractivity contribution in [3.05, 3.63) is 0 Å². The van der Waals surface area contributed by atoms with Crippen LogP contribution in [0.5, 0.6) is 0 Å². The van der Waals surface area contributed by atoms with Crippen LogP contribution in [0, 0.1) is 5.92 Å². The summed E-state index contributed by atoms with van der Waals surface area (Å²) in [6, 6.07) is 0. The zero-order valence-corrected chi connectivity index (χ0v) is 9.01. The quantitative estimate of drug-likeness (QED) is 0.585. The monoisotopic (exact) mass is 185 g/mol. The molecule has 0 aromatic rings. The third kappa shape index (κ3) is 6.05. The lowest BCUT2D eigenvalue weighted by Gasteiger charge is -2.11. The summed E-state index contributed by atoms with van der Waals surface area (Å²) < 4.78 is 5.62. The average molecular weight is 185 g/mol. The van der Waals surface area contributed by atoms with Gasteiger partial charge in [0.1, 0.15) is 0 Å². The van der Waals surface area contributed by atoms with E-state index in [4.69, 9.17) is 4.74 Å². The van der Waals surface area contributed by atoms with Gasteiger partial charge in [-0.1, -0.05) is 13.3 Å². The maximum absolute atomic E-state index is 5.62. The van der Waals surface area contributed by atoms with Crippen LogP contribution >= 0.6 is 0 Å². The molecule has 1 aliphatic rings. The Bertz CT molecular complexity index is 123. The highest BCUT2D eigenvalue weighted by Gasteiger charge is 2.19. The van der Waals surface area contributed by atoms with Gasteiger partial charge >= 0.3 is 0 Å². The van der Waals surface area contributed by atoms with Gasteiger partial charge in [-0.25, -0.2) is 0 Å². The first kappa shape index (κ1) is 11.0. The van der Waals surface area contributed by atoms with Crippen LogP contribution in [-0.2, 0) is 4.74 Å². The van der Waals surface area contributed by atoms with Gasteiger partial charge in [0.25, 0.3) is 0 Å². The molecule has 0 aliphatic heterocycles. The number of ether oxygens (including phenoxy) is 1. The summed E-state index contributed by atoms with van der Waals surface area (Å²) in [6.45, 7) is 7.44. The topological polar surface area (TPSA) is 21.3 Å². The van der Waals surface area contributed by atoms with Crippen molar-refractivity contribution in [3.63, 3.8) is 0 Å². The summed E-state index contributed by atoms with van der Waals surface area (Å²) in [7, 11) is 0. The van der Waals surface area contributed by atoms with Crippen molar-refractivity contribution in [3.8, 4) is 0 Å². The Labute approximate surface area is 82.0 Å². The molecule has 1 fully saturated rings. The van der Waals surface area contributed by atoms with Gasteiger partial charge in [0.2, 0.25) is 0 Å². The van der Waals surface area contributed by atoms with E-state index >= 15 is 0 Å². The maximum Gasteiger partial charge on any atom is 0.0594 e. The van der Waals surface area contributed by atoms with Crippen molar-refractivity contribution in [1.82, 2.24) is 5.32 Å². The summed E-state index contributed by atoms with van der Waals surface area (Å²) >= 11 is 0. The summed E-state index contributed by atoms with van der Waals surface area (Å²) in [6.07, 6.45) is 5.70. The number of hydrogen-bond donors (Lipinski definition) is 1. The second-order valence-corrected chi connectivity index (χ2v) is 4.12. The highest BCUT2D eigenvalue weighted by atomic mass is 16.5. The van der Waals surface area contributed by atoms with E-state index < -0.39 is 0 Å². The third-order valence-electron chi connectivity index (χ3n) is 2.51. The van der Waals surface area contributed by atoms with Crippen LogP contribution in [0.15, 0.2) is 0 Å². The Hall–Kier alpha value is -0.0800. The highest BCUT2D eigenvalue weighted by Crippen LogP contribution is 2.27. The van der Waals surface area contributed by atoms with Crippen molar-refractivity contribution >= 4 is 0 Å². The first-order chi connectivity index (χ1) is 6.33. The fourth-order valence-electron chi connectivity index (χ4n) is 1.45. The molecule has 0 saturated heterocycles. The van der Waals surface area contributed by atoms with Gasteiger partial charge in [-0.3, -0.25) is 0 Å². The minimum atomic E-state index is 0.438. The van der Waals surface area contributed by atoms with E-state index in [0.717, 1.165) is 19.1 Å². The predicted molar refractivity (Wildman–Crippen MR) is 55.9 cm³/mol. The second kappa shape index (κ2) is 6.39. The van der Waals surface area contributed by atoms with Crippen molar-refractivity contribution < 1.29 is 4.74 Å². The molecule has 0 radical (unpaired) electrons. The molecule has 13 heavy (non-hydrogen) atoms. The Morgan fingerprint density at radius 2 is 2.23 bits per heavy atom. The van der Waals surface area contributed by atoms with E-state index in [1.807, 2.05) is 0 Å². The zero-order valence-electron chi connectivity index (χ0n) is 9.01. The molecule has 1 rings (SSSR count). The molecule has 2 heteroatoms. The molecule has 0 aromatic carbocycles. The van der Waals surface area contributed by atoms with Gasteiger partial charge in [-0.05, 0) is 38.6 Å². The molecule has 78 valence electrons. The lowest BCUT2D eigenvalue weighted by Crippen LogP contribution is -2.23. The van der Waals surface area contributed by atoms with E-state index in [9.17, 15) is 0 Å². The normalized spacial score (nSPS) is 18.9. The lowest BCUT2D eigenvalue weighted by atomic mass is 10.2. The fourth-order valence-corrected chi connectivity index (χ4v) is 1.45. The molecule has 0 bridgehead atoms. The molecule has 2 nitrogen and oxygen atoms in total. The van der Waals surface area contributed by atoms with Gasteiger partial charge in [0, 0.05) is 6.54 Å². The van der Waals surface area contributed by atoms with E-state index in [0.29, 0.717) is 6.10 Å². The summed E-state index contributed by atoms with van der Waals surface area (Å²) in [5.74, 6) is 0.980. The van der Waals surface area contributed by atoms with Crippen LogP contribution < -0.4 is 5.32 Å². The zero-order chi connectivity index (χ0) is 9.52. The first-order valence-electron chi connectivity index (χ1n) is 5.65. The molecular formula is C11H23NO. The van der Waals surface area contributed by atoms with Crippen LogP contribution in [-0.4, -0.2) is 25.8 Å². The molecule has 1 aliphatic carbocycles. The largest absolute Gasteiger partial charge is 0.377 e. The van der Waals surface area contributed by atoms with Crippen molar-refractivity contribution in [1.29, 1.82) is 0 Å². The van der Waals surface area contributed by atoms with E-state index in [1.54, 1.807) is 0 Å². The smallest absolute Gasteiger partial charge is 0.0594 e. The summed E-state index contributed by atoms with van der Waals surface area (Å²) in [5.41, 5.74) is 0. The average Bonchev–Trinajstić information content (AvgIpc) is 2.88. The lowest BCUT2D eigenvalue weighted by molar-refractivity contribution is 0.0617. The molecule has 1 unspecified atom stereocenters. The van der Waals surface area contributed by atoms with Crippen LogP contribution in [0.1, 0.15) is 39.5 Å². The minimum Gasteiger partial charge on any atom is -0.377 e. The van der Waals surface area contributed by atoms with E-state index in [-0.39, 0.29) is 0 Å². The Balaban J connectivity index is 1.76. The molecule has 0 spiro atoms. The van der Waals surface area contributed by atoms with Gasteiger partial charge in [-0.15, -0.1) is 0 Å². The van der Waals surface area contributed by atoms with Crippen molar-refractivity contribution in [2.75, 3.05) is 19.7 Å². The SMILES string of the molecule is CCCC(C)OCCNCC1CC1. The fraction of sp³-hybridized carbons (Fsp3) is 1.00. The van der Waals surface area contributed by atoms with E-state index in [2.05, 4.69) is 19.2 Å². The van der Waals surface area contributed by atoms with Gasteiger partial charge in [-0.2, -0.15) is 0 Å². The highest BCUT2D eigenvalue weighted by molar-refractivity contribution is 4.74. The molecule has 0 heterocycles. The van der Waals surface area contributed by atoms with Crippen LogP contribution in [0.3, 0.4) is 0 Å². The molecular weight excluding hydrogens is 162 g/mol. The number of rotatable bonds is 8. The van der Waals surface area contributed by atoms with Crippen molar-refractivity contribution in [2.45, 2.75) is 45.6 Å². The molecule has 1 atom stereocenters. The molecule has 0 aromatic heterocycles. The standard InChI is InChI=1S/C11H23NO/c1-3-4-10(2)13-8-7-12-9-11-5-6-11/h10-12H,3-9H2,1-2H3. The second-order valence-electron chi connectivity index (χ2n) is 4.12. The maximum atomic E-state index is 5.62. The molecule has 1 N–H and O–H groups in total. The molecule has 0 amide bonds. The van der Waals surface area contributed by atoms with E-state index in [1.165, 1.54) is 32.2 Å². The number of hydrogen-bond acceptors (Lipinski definition) is 2. The van der Waals surface area contributed by atoms with Gasteiger partial charge in [0.05, 0.1) is 12.7 Å². The Morgan fingerprint density at radius 3 is 2.85 bits per heavy atom. The summed E-state index contributed by atoms with van der Waals surface area (Å²) in [5, 5.41) is 3.42.